The number of nitrogens with two attached hydrogens (primary N) is 1. The number of pyridine rings is 1. The number of hydrogen-bond donors (Lipinski definition) is 1. The van der Waals surface area contributed by atoms with Crippen LogP contribution in [0.3, 0.4) is 0 Å². The van der Waals surface area contributed by atoms with Crippen molar-refractivity contribution in [3.8, 4) is 34.1 Å². The molecule has 5 nitrogen and oxygen atoms in total. The van der Waals surface area contributed by atoms with Gasteiger partial charge >= 0.3 is 0 Å². The molecule has 29 heavy (non-hydrogen) atoms. The van der Waals surface area contributed by atoms with E-state index in [9.17, 15) is 5.26 Å². The van der Waals surface area contributed by atoms with Crippen molar-refractivity contribution in [2.75, 3.05) is 30.8 Å². The highest BCUT2D eigenvalue weighted by atomic mass is 16.5. The Morgan fingerprint density at radius 1 is 1.03 bits per heavy atom. The first-order valence-electron chi connectivity index (χ1n) is 9.74. The maximum absolute atomic E-state index is 9.86. The summed E-state index contributed by atoms with van der Waals surface area (Å²) >= 11 is 0. The third-order valence-electron chi connectivity index (χ3n) is 5.18. The Morgan fingerprint density at radius 2 is 1.69 bits per heavy atom. The van der Waals surface area contributed by atoms with Crippen LogP contribution >= 0.6 is 0 Å². The zero-order chi connectivity index (χ0) is 21.0. The quantitative estimate of drug-likeness (QED) is 0.643. The Bertz CT molecular complexity index is 1050. The van der Waals surface area contributed by atoms with Crippen molar-refractivity contribution in [2.45, 2.75) is 20.8 Å². The number of benzene rings is 2. The topological polar surface area (TPSA) is 75.2 Å². The van der Waals surface area contributed by atoms with Crippen LogP contribution < -0.4 is 15.4 Å². The molecule has 3 rings (SSSR count). The number of para-hydroxylation sites is 1. The second kappa shape index (κ2) is 8.66. The molecule has 0 aliphatic heterocycles. The largest absolute Gasteiger partial charge is 0.496 e. The van der Waals surface area contributed by atoms with E-state index >= 15 is 0 Å². The molecule has 5 heteroatoms. The molecule has 2 N–H and O–H groups in total. The molecule has 0 radical (unpaired) electrons. The Morgan fingerprint density at radius 3 is 2.28 bits per heavy atom. The van der Waals surface area contributed by atoms with E-state index in [1.807, 2.05) is 43.3 Å². The smallest absolute Gasteiger partial charge is 0.142 e. The summed E-state index contributed by atoms with van der Waals surface area (Å²) in [7, 11) is 1.64. The molecule has 0 aliphatic rings. The molecule has 0 bridgehead atoms. The number of hydrogen-bond acceptors (Lipinski definition) is 5. The van der Waals surface area contributed by atoms with Crippen molar-refractivity contribution in [3.63, 3.8) is 0 Å². The minimum absolute atomic E-state index is 0.242. The van der Waals surface area contributed by atoms with Gasteiger partial charge in [-0.3, -0.25) is 0 Å². The van der Waals surface area contributed by atoms with Gasteiger partial charge < -0.3 is 15.4 Å². The molecule has 0 saturated carbocycles. The minimum Gasteiger partial charge on any atom is -0.496 e. The van der Waals surface area contributed by atoms with Crippen LogP contribution in [-0.4, -0.2) is 25.2 Å². The molecular weight excluding hydrogens is 360 g/mol. The van der Waals surface area contributed by atoms with E-state index in [0.717, 1.165) is 52.5 Å². The predicted molar refractivity (Wildman–Crippen MR) is 119 cm³/mol. The van der Waals surface area contributed by atoms with Crippen molar-refractivity contribution in [3.05, 3.63) is 59.8 Å². The molecule has 3 aromatic rings. The van der Waals surface area contributed by atoms with Gasteiger partial charge in [0.1, 0.15) is 23.2 Å². The zero-order valence-corrected chi connectivity index (χ0v) is 17.4. The van der Waals surface area contributed by atoms with Gasteiger partial charge in [-0.15, -0.1) is 0 Å². The van der Waals surface area contributed by atoms with E-state index < -0.39 is 0 Å². The van der Waals surface area contributed by atoms with Gasteiger partial charge in [0.25, 0.3) is 0 Å². The summed E-state index contributed by atoms with van der Waals surface area (Å²) in [6.45, 7) is 8.06. The minimum atomic E-state index is 0.242. The van der Waals surface area contributed by atoms with E-state index in [4.69, 9.17) is 10.5 Å². The van der Waals surface area contributed by atoms with E-state index in [-0.39, 0.29) is 5.82 Å². The standard InChI is InChI=1S/C24H26N4O/c1-5-28(6-2)18-13-11-17(12-14-18)23-20(15-25)24(26)27-16(3)22(23)19-9-7-8-10-21(19)29-4/h7-14H,5-6H2,1-4H3,(H2,26,27). The lowest BCUT2D eigenvalue weighted by atomic mass is 9.89. The van der Waals surface area contributed by atoms with Gasteiger partial charge in [0.05, 0.1) is 7.11 Å². The Hall–Kier alpha value is -3.52. The normalized spacial score (nSPS) is 10.4. The van der Waals surface area contributed by atoms with E-state index in [1.54, 1.807) is 7.11 Å². The number of nitrogen functional groups attached to an aromatic ring is 1. The number of aromatic nitrogens is 1. The van der Waals surface area contributed by atoms with Crippen LogP contribution in [0.15, 0.2) is 48.5 Å². The summed E-state index contributed by atoms with van der Waals surface area (Å²) in [6, 6.07) is 18.3. The van der Waals surface area contributed by atoms with Gasteiger partial charge in [-0.2, -0.15) is 5.26 Å². The third-order valence-corrected chi connectivity index (χ3v) is 5.18. The fraction of sp³-hybridized carbons (Fsp3) is 0.250. The van der Waals surface area contributed by atoms with E-state index in [1.165, 1.54) is 0 Å². The van der Waals surface area contributed by atoms with Gasteiger partial charge in [-0.05, 0) is 44.5 Å². The Kier molecular flexibility index (Phi) is 6.04. The maximum Gasteiger partial charge on any atom is 0.142 e. The predicted octanol–water partition coefficient (Wildman–Crippen LogP) is 5.03. The van der Waals surface area contributed by atoms with Crippen LogP contribution in [0.25, 0.3) is 22.3 Å². The van der Waals surface area contributed by atoms with E-state index in [0.29, 0.717) is 5.56 Å². The van der Waals surface area contributed by atoms with Crippen LogP contribution in [0.4, 0.5) is 11.5 Å². The molecule has 1 aromatic heterocycles. The van der Waals surface area contributed by atoms with Gasteiger partial charge in [0.15, 0.2) is 0 Å². The molecule has 0 amide bonds. The summed E-state index contributed by atoms with van der Waals surface area (Å²) in [5, 5.41) is 9.86. The first-order valence-corrected chi connectivity index (χ1v) is 9.74. The third kappa shape index (κ3) is 3.74. The van der Waals surface area contributed by atoms with Gasteiger partial charge in [0.2, 0.25) is 0 Å². The summed E-state index contributed by atoms with van der Waals surface area (Å²) in [5.41, 5.74) is 11.9. The monoisotopic (exact) mass is 386 g/mol. The number of aryl methyl sites for hydroxylation is 1. The molecule has 0 spiro atoms. The van der Waals surface area contributed by atoms with Gasteiger partial charge in [-0.25, -0.2) is 4.98 Å². The highest BCUT2D eigenvalue weighted by molar-refractivity contribution is 5.93. The second-order valence-electron chi connectivity index (χ2n) is 6.74. The fourth-order valence-corrected chi connectivity index (χ4v) is 3.74. The van der Waals surface area contributed by atoms with Crippen molar-refractivity contribution in [1.29, 1.82) is 5.26 Å². The summed E-state index contributed by atoms with van der Waals surface area (Å²) in [5.74, 6) is 0.971. The highest BCUT2D eigenvalue weighted by Gasteiger charge is 2.21. The lowest BCUT2D eigenvalue weighted by molar-refractivity contribution is 0.416. The number of methoxy groups -OCH3 is 1. The van der Waals surface area contributed by atoms with Crippen LogP contribution in [0.1, 0.15) is 25.1 Å². The highest BCUT2D eigenvalue weighted by Crippen LogP contribution is 2.42. The lowest BCUT2D eigenvalue weighted by Gasteiger charge is -2.22. The van der Waals surface area contributed by atoms with Crippen molar-refractivity contribution in [2.24, 2.45) is 0 Å². The molecule has 1 heterocycles. The van der Waals surface area contributed by atoms with Gasteiger partial charge in [-0.1, -0.05) is 30.3 Å². The Balaban J connectivity index is 2.29. The fourth-order valence-electron chi connectivity index (χ4n) is 3.74. The molecule has 0 fully saturated rings. The summed E-state index contributed by atoms with van der Waals surface area (Å²) in [4.78, 5) is 6.73. The molecule has 0 atom stereocenters. The van der Waals surface area contributed by atoms with Crippen LogP contribution in [0.5, 0.6) is 5.75 Å². The maximum atomic E-state index is 9.86. The average Bonchev–Trinajstić information content (AvgIpc) is 2.75. The number of nitriles is 1. The first-order chi connectivity index (χ1) is 14.0. The number of rotatable bonds is 6. The van der Waals surface area contributed by atoms with Crippen molar-refractivity contribution in [1.82, 2.24) is 4.98 Å². The molecular formula is C24H26N4O. The van der Waals surface area contributed by atoms with Crippen LogP contribution in [-0.2, 0) is 0 Å². The van der Waals surface area contributed by atoms with Crippen molar-refractivity contribution < 1.29 is 4.74 Å². The molecule has 148 valence electrons. The first kappa shape index (κ1) is 20.2. The number of anilines is 2. The average molecular weight is 386 g/mol. The van der Waals surface area contributed by atoms with Gasteiger partial charge in [0, 0.05) is 41.2 Å². The number of nitrogens with zero attached hydrogens (tertiary/aromatic N) is 3. The molecule has 0 aliphatic carbocycles. The molecule has 0 unspecified atom stereocenters. The SMILES string of the molecule is CCN(CC)c1ccc(-c2c(C#N)c(N)nc(C)c2-c2ccccc2OC)cc1. The Labute approximate surface area is 172 Å². The number of ether oxygens (including phenoxy) is 1. The van der Waals surface area contributed by atoms with Crippen LogP contribution in [0.2, 0.25) is 0 Å². The summed E-state index contributed by atoms with van der Waals surface area (Å²) in [6.07, 6.45) is 0. The summed E-state index contributed by atoms with van der Waals surface area (Å²) < 4.78 is 5.58. The molecule has 0 saturated heterocycles. The zero-order valence-electron chi connectivity index (χ0n) is 17.4. The molecule has 2 aromatic carbocycles. The second-order valence-corrected chi connectivity index (χ2v) is 6.74. The van der Waals surface area contributed by atoms with E-state index in [2.05, 4.69) is 41.9 Å². The van der Waals surface area contributed by atoms with Crippen LogP contribution in [0, 0.1) is 18.3 Å². The lowest BCUT2D eigenvalue weighted by Crippen LogP contribution is -2.21. The van der Waals surface area contributed by atoms with Crippen molar-refractivity contribution >= 4 is 11.5 Å².